The average Bonchev–Trinajstić information content (AvgIpc) is 3.08. The molecule has 2 heterocycles. The summed E-state index contributed by atoms with van der Waals surface area (Å²) in [6.45, 7) is 0.283. The maximum atomic E-state index is 12.3. The number of aromatic nitrogens is 3. The highest BCUT2D eigenvalue weighted by atomic mass is 16.5. The minimum absolute atomic E-state index is 0.00233. The van der Waals surface area contributed by atoms with Gasteiger partial charge in [-0.3, -0.25) is 9.59 Å². The number of aliphatic hydroxyl groups is 1. The fraction of sp³-hybridized carbons (Fsp3) is 0.500. The summed E-state index contributed by atoms with van der Waals surface area (Å²) < 4.78 is 6.92. The van der Waals surface area contributed by atoms with Crippen LogP contribution in [0.3, 0.4) is 0 Å². The van der Waals surface area contributed by atoms with Crippen LogP contribution in [-0.2, 0) is 32.1 Å². The molecule has 14 heteroatoms. The second-order valence-corrected chi connectivity index (χ2v) is 7.63. The number of allylic oxidation sites excluding steroid dienone is 1. The second kappa shape index (κ2) is 9.93. The van der Waals surface area contributed by atoms with E-state index in [0.717, 1.165) is 0 Å². The first-order valence-electron chi connectivity index (χ1n) is 9.89. The van der Waals surface area contributed by atoms with E-state index in [9.17, 15) is 24.6 Å². The summed E-state index contributed by atoms with van der Waals surface area (Å²) in [5.41, 5.74) is -0.0824. The molecule has 1 aliphatic heterocycles. The van der Waals surface area contributed by atoms with Gasteiger partial charge < -0.3 is 35.0 Å². The van der Waals surface area contributed by atoms with E-state index in [1.165, 1.54) is 21.9 Å². The van der Waals surface area contributed by atoms with Gasteiger partial charge in [-0.25, -0.2) is 9.48 Å². The summed E-state index contributed by atoms with van der Waals surface area (Å²) >= 11 is 0. The van der Waals surface area contributed by atoms with Crippen molar-refractivity contribution in [1.82, 2.24) is 19.9 Å². The van der Waals surface area contributed by atoms with Crippen molar-refractivity contribution in [2.24, 2.45) is 5.92 Å². The van der Waals surface area contributed by atoms with Gasteiger partial charge in [0.1, 0.15) is 24.0 Å². The Labute approximate surface area is 182 Å². The number of carboxylic acid groups (broad SMARTS) is 2. The van der Waals surface area contributed by atoms with Gasteiger partial charge in [0.2, 0.25) is 5.91 Å². The SMILES string of the molecule is O=C(O)Cc1cn(CC(=O)N2CC(OC3=C(C(=O)O)[C@@H](O)C(CCB(O)O)C=C3)C2)nn1. The van der Waals surface area contributed by atoms with Crippen LogP contribution in [-0.4, -0.2) is 95.5 Å². The van der Waals surface area contributed by atoms with Crippen LogP contribution in [0.1, 0.15) is 12.1 Å². The van der Waals surface area contributed by atoms with E-state index < -0.39 is 37.2 Å². The Balaban J connectivity index is 1.53. The van der Waals surface area contributed by atoms with Crippen molar-refractivity contribution in [3.05, 3.63) is 35.4 Å². The summed E-state index contributed by atoms with van der Waals surface area (Å²) in [6.07, 6.45) is 2.43. The van der Waals surface area contributed by atoms with E-state index in [0.29, 0.717) is 0 Å². The minimum Gasteiger partial charge on any atom is -0.486 e. The Morgan fingerprint density at radius 1 is 1.22 bits per heavy atom. The van der Waals surface area contributed by atoms with Crippen LogP contribution in [0.15, 0.2) is 29.7 Å². The molecule has 0 spiro atoms. The molecule has 1 aromatic rings. The molecular formula is C18H23BN4O9. The van der Waals surface area contributed by atoms with Crippen molar-refractivity contribution < 1.29 is 44.5 Å². The normalized spacial score (nSPS) is 20.8. The quantitative estimate of drug-likeness (QED) is 0.245. The lowest BCUT2D eigenvalue weighted by atomic mass is 9.77. The maximum absolute atomic E-state index is 12.3. The zero-order chi connectivity index (χ0) is 23.4. The molecule has 1 aromatic heterocycles. The summed E-state index contributed by atoms with van der Waals surface area (Å²) in [4.78, 5) is 36.1. The summed E-state index contributed by atoms with van der Waals surface area (Å²) in [7, 11) is -1.55. The van der Waals surface area contributed by atoms with E-state index in [4.69, 9.17) is 19.9 Å². The van der Waals surface area contributed by atoms with E-state index >= 15 is 0 Å². The van der Waals surface area contributed by atoms with Gasteiger partial charge in [0.15, 0.2) is 0 Å². The van der Waals surface area contributed by atoms with Crippen LogP contribution in [0, 0.1) is 5.92 Å². The van der Waals surface area contributed by atoms with Gasteiger partial charge in [-0.1, -0.05) is 11.3 Å². The minimum atomic E-state index is -1.55. The molecule has 1 unspecified atom stereocenters. The molecule has 0 bridgehead atoms. The van der Waals surface area contributed by atoms with E-state index in [2.05, 4.69) is 10.3 Å². The molecule has 0 aromatic carbocycles. The van der Waals surface area contributed by atoms with Crippen molar-refractivity contribution in [2.45, 2.75) is 37.9 Å². The largest absolute Gasteiger partial charge is 0.486 e. The lowest BCUT2D eigenvalue weighted by Gasteiger charge is -2.40. The summed E-state index contributed by atoms with van der Waals surface area (Å²) in [5.74, 6) is -3.28. The van der Waals surface area contributed by atoms with Crippen LogP contribution in [0.25, 0.3) is 0 Å². The topological polar surface area (TPSA) is 196 Å². The fourth-order valence-electron chi connectivity index (χ4n) is 3.48. The third-order valence-corrected chi connectivity index (χ3v) is 5.16. The number of ether oxygens (including phenoxy) is 1. The van der Waals surface area contributed by atoms with Crippen molar-refractivity contribution in [3.63, 3.8) is 0 Å². The Morgan fingerprint density at radius 3 is 2.56 bits per heavy atom. The smallest absolute Gasteiger partial charge is 0.451 e. The number of nitrogens with zero attached hydrogens (tertiary/aromatic N) is 4. The number of carboxylic acids is 2. The molecule has 2 aliphatic rings. The molecule has 0 saturated carbocycles. The first kappa shape index (κ1) is 23.4. The van der Waals surface area contributed by atoms with Gasteiger partial charge in [-0.15, -0.1) is 5.10 Å². The second-order valence-electron chi connectivity index (χ2n) is 7.63. The lowest BCUT2D eigenvalue weighted by molar-refractivity contribution is -0.144. The Kier molecular flexibility index (Phi) is 7.27. The molecule has 172 valence electrons. The lowest BCUT2D eigenvalue weighted by Crippen LogP contribution is -2.55. The first-order valence-corrected chi connectivity index (χ1v) is 9.89. The molecule has 3 rings (SSSR count). The van der Waals surface area contributed by atoms with Crippen molar-refractivity contribution >= 4 is 25.0 Å². The number of hydrogen-bond donors (Lipinski definition) is 5. The number of aliphatic carboxylic acids is 2. The number of aliphatic hydroxyl groups excluding tert-OH is 1. The van der Waals surface area contributed by atoms with Crippen LogP contribution in [0.2, 0.25) is 6.32 Å². The zero-order valence-electron chi connectivity index (χ0n) is 16.9. The Bertz CT molecular complexity index is 939. The van der Waals surface area contributed by atoms with E-state index in [1.807, 2.05) is 0 Å². The van der Waals surface area contributed by atoms with Gasteiger partial charge in [0, 0.05) is 12.1 Å². The fourth-order valence-corrected chi connectivity index (χ4v) is 3.48. The standard InChI is InChI=1S/C18H23BN4O9/c24-14(9-23-6-11(20-21-23)5-15(25)26)22-7-12(8-22)32-13-2-1-10(3-4-19(30)31)17(27)16(13)18(28)29/h1-2,6,10,12,17,27,30-31H,3-5,7-9H2,(H,25,26)(H,28,29)/t10?,17-/m0/s1. The van der Waals surface area contributed by atoms with Gasteiger partial charge in [-0.2, -0.15) is 0 Å². The van der Waals surface area contributed by atoms with Crippen LogP contribution < -0.4 is 0 Å². The van der Waals surface area contributed by atoms with Crippen molar-refractivity contribution in [1.29, 1.82) is 0 Å². The highest BCUT2D eigenvalue weighted by molar-refractivity contribution is 6.40. The molecule has 1 amide bonds. The van der Waals surface area contributed by atoms with Gasteiger partial charge in [-0.05, 0) is 18.8 Å². The first-order chi connectivity index (χ1) is 15.1. The molecule has 32 heavy (non-hydrogen) atoms. The molecule has 1 saturated heterocycles. The number of amides is 1. The van der Waals surface area contributed by atoms with Gasteiger partial charge in [0.25, 0.3) is 0 Å². The number of likely N-dealkylation sites (tertiary alicyclic amines) is 1. The zero-order valence-corrected chi connectivity index (χ0v) is 16.9. The van der Waals surface area contributed by atoms with Gasteiger partial charge >= 0.3 is 19.1 Å². The third kappa shape index (κ3) is 5.72. The third-order valence-electron chi connectivity index (χ3n) is 5.16. The molecule has 0 radical (unpaired) electrons. The molecule has 2 atom stereocenters. The predicted molar refractivity (Wildman–Crippen MR) is 106 cm³/mol. The highest BCUT2D eigenvalue weighted by Crippen LogP contribution is 2.30. The van der Waals surface area contributed by atoms with Crippen LogP contribution >= 0.6 is 0 Å². The number of hydrogen-bond acceptors (Lipinski definition) is 9. The van der Waals surface area contributed by atoms with E-state index in [1.54, 1.807) is 6.08 Å². The highest BCUT2D eigenvalue weighted by Gasteiger charge is 2.37. The van der Waals surface area contributed by atoms with E-state index in [-0.39, 0.29) is 61.7 Å². The Hall–Kier alpha value is -3.23. The predicted octanol–water partition coefficient (Wildman–Crippen LogP) is -2.12. The van der Waals surface area contributed by atoms with Crippen LogP contribution in [0.4, 0.5) is 0 Å². The Morgan fingerprint density at radius 2 is 1.94 bits per heavy atom. The monoisotopic (exact) mass is 450 g/mol. The summed E-state index contributed by atoms with van der Waals surface area (Å²) in [6, 6.07) is 0. The van der Waals surface area contributed by atoms with Gasteiger partial charge in [0.05, 0.1) is 31.3 Å². The number of carbonyl (C=O) groups excluding carboxylic acids is 1. The molecule has 1 aliphatic carbocycles. The maximum Gasteiger partial charge on any atom is 0.451 e. The molecular weight excluding hydrogens is 427 g/mol. The number of carbonyl (C=O) groups is 3. The van der Waals surface area contributed by atoms with Crippen LogP contribution in [0.5, 0.6) is 0 Å². The molecule has 5 N–H and O–H groups in total. The number of rotatable bonds is 10. The summed E-state index contributed by atoms with van der Waals surface area (Å²) in [5, 5.41) is 54.0. The average molecular weight is 450 g/mol. The van der Waals surface area contributed by atoms with Crippen molar-refractivity contribution in [3.8, 4) is 0 Å². The molecule has 13 nitrogen and oxygen atoms in total. The molecule has 1 fully saturated rings. The van der Waals surface area contributed by atoms with Crippen molar-refractivity contribution in [2.75, 3.05) is 13.1 Å².